The van der Waals surface area contributed by atoms with Crippen LogP contribution in [0.15, 0.2) is 23.1 Å². The molecule has 0 saturated carbocycles. The highest BCUT2D eigenvalue weighted by atomic mass is 16.5. The number of ether oxygens (including phenoxy) is 1. The van der Waals surface area contributed by atoms with E-state index in [-0.39, 0.29) is 23.4 Å². The SMILES string of the molecule is COCCN(C)c1cnn([C@H]2CCCN(C(=O)c3cc(C(C)C)[nH]n3)C2)c(=O)c1. The zero-order valence-corrected chi connectivity index (χ0v) is 17.6. The first-order valence-corrected chi connectivity index (χ1v) is 10.0. The number of aromatic nitrogens is 4. The predicted molar refractivity (Wildman–Crippen MR) is 110 cm³/mol. The highest BCUT2D eigenvalue weighted by Crippen LogP contribution is 2.22. The molecule has 0 aromatic carbocycles. The number of methoxy groups -OCH3 is 1. The molecular formula is C20H30N6O3. The Balaban J connectivity index is 1.71. The smallest absolute Gasteiger partial charge is 0.274 e. The molecule has 0 radical (unpaired) electrons. The summed E-state index contributed by atoms with van der Waals surface area (Å²) in [7, 11) is 3.54. The van der Waals surface area contributed by atoms with Gasteiger partial charge in [0, 0.05) is 45.6 Å². The summed E-state index contributed by atoms with van der Waals surface area (Å²) in [6.45, 7) is 6.46. The van der Waals surface area contributed by atoms with Gasteiger partial charge in [0.15, 0.2) is 0 Å². The lowest BCUT2D eigenvalue weighted by atomic mass is 10.1. The van der Waals surface area contributed by atoms with Gasteiger partial charge in [0.05, 0.1) is 24.5 Å². The maximum absolute atomic E-state index is 12.9. The van der Waals surface area contributed by atoms with Gasteiger partial charge in [0.1, 0.15) is 5.69 Å². The number of amides is 1. The molecule has 158 valence electrons. The molecule has 1 saturated heterocycles. The number of carbonyl (C=O) groups is 1. The maximum atomic E-state index is 12.9. The fraction of sp³-hybridized carbons (Fsp3) is 0.600. The van der Waals surface area contributed by atoms with Crippen LogP contribution in [0.2, 0.25) is 0 Å². The summed E-state index contributed by atoms with van der Waals surface area (Å²) in [5.41, 5.74) is 1.95. The summed E-state index contributed by atoms with van der Waals surface area (Å²) in [5.74, 6) is 0.170. The van der Waals surface area contributed by atoms with E-state index in [9.17, 15) is 9.59 Å². The van der Waals surface area contributed by atoms with E-state index in [1.165, 1.54) is 4.68 Å². The molecule has 1 fully saturated rings. The van der Waals surface area contributed by atoms with Crippen molar-refractivity contribution in [2.24, 2.45) is 0 Å². The Morgan fingerprint density at radius 1 is 1.41 bits per heavy atom. The summed E-state index contributed by atoms with van der Waals surface area (Å²) >= 11 is 0. The Bertz CT molecular complexity index is 890. The fourth-order valence-corrected chi connectivity index (χ4v) is 3.49. The van der Waals surface area contributed by atoms with Crippen LogP contribution in [0.1, 0.15) is 54.8 Å². The molecular weight excluding hydrogens is 372 g/mol. The molecule has 1 aliphatic heterocycles. The number of aromatic amines is 1. The van der Waals surface area contributed by atoms with Crippen molar-refractivity contribution in [1.82, 2.24) is 24.9 Å². The molecule has 9 nitrogen and oxygen atoms in total. The van der Waals surface area contributed by atoms with Crippen LogP contribution in [-0.2, 0) is 4.74 Å². The number of piperidine rings is 1. The second-order valence-corrected chi connectivity index (χ2v) is 7.82. The lowest BCUT2D eigenvalue weighted by Gasteiger charge is -2.32. The van der Waals surface area contributed by atoms with Gasteiger partial charge in [-0.25, -0.2) is 4.68 Å². The second kappa shape index (κ2) is 9.21. The van der Waals surface area contributed by atoms with E-state index < -0.39 is 0 Å². The average Bonchev–Trinajstić information content (AvgIpc) is 3.22. The number of hydrogen-bond acceptors (Lipinski definition) is 6. The zero-order valence-electron chi connectivity index (χ0n) is 17.6. The molecule has 1 aliphatic rings. The van der Waals surface area contributed by atoms with Crippen molar-refractivity contribution < 1.29 is 9.53 Å². The van der Waals surface area contributed by atoms with Crippen molar-refractivity contribution >= 4 is 11.6 Å². The number of nitrogens with zero attached hydrogens (tertiary/aromatic N) is 5. The molecule has 1 N–H and O–H groups in total. The monoisotopic (exact) mass is 402 g/mol. The van der Waals surface area contributed by atoms with Crippen molar-refractivity contribution in [3.8, 4) is 0 Å². The van der Waals surface area contributed by atoms with Gasteiger partial charge in [0.25, 0.3) is 11.5 Å². The first-order chi connectivity index (χ1) is 13.9. The lowest BCUT2D eigenvalue weighted by Crippen LogP contribution is -2.43. The molecule has 3 rings (SSSR count). The minimum Gasteiger partial charge on any atom is -0.383 e. The van der Waals surface area contributed by atoms with E-state index in [2.05, 4.69) is 15.3 Å². The number of carbonyl (C=O) groups excluding carboxylic acids is 1. The van der Waals surface area contributed by atoms with Crippen LogP contribution in [0.4, 0.5) is 5.69 Å². The van der Waals surface area contributed by atoms with Crippen LogP contribution >= 0.6 is 0 Å². The fourth-order valence-electron chi connectivity index (χ4n) is 3.49. The van der Waals surface area contributed by atoms with Gasteiger partial charge in [-0.2, -0.15) is 10.2 Å². The van der Waals surface area contributed by atoms with E-state index in [0.29, 0.717) is 31.9 Å². The first kappa shape index (κ1) is 21.0. The van der Waals surface area contributed by atoms with Gasteiger partial charge in [-0.15, -0.1) is 0 Å². The summed E-state index contributed by atoms with van der Waals surface area (Å²) in [6.07, 6.45) is 3.33. The molecule has 3 heterocycles. The third kappa shape index (κ3) is 4.84. The van der Waals surface area contributed by atoms with Crippen LogP contribution in [0.25, 0.3) is 0 Å². The Kier molecular flexibility index (Phi) is 6.68. The minimum absolute atomic E-state index is 0.109. The molecule has 0 bridgehead atoms. The maximum Gasteiger partial charge on any atom is 0.274 e. The summed E-state index contributed by atoms with van der Waals surface area (Å²) in [4.78, 5) is 29.2. The molecule has 0 unspecified atom stereocenters. The summed E-state index contributed by atoms with van der Waals surface area (Å²) in [6, 6.07) is 3.26. The molecule has 2 aromatic heterocycles. The number of nitrogens with one attached hydrogen (secondary N) is 1. The van der Waals surface area contributed by atoms with Gasteiger partial charge >= 0.3 is 0 Å². The van der Waals surface area contributed by atoms with E-state index in [1.54, 1.807) is 24.3 Å². The van der Waals surface area contributed by atoms with Gasteiger partial charge in [-0.3, -0.25) is 14.7 Å². The topological polar surface area (TPSA) is 96.3 Å². The molecule has 1 atom stereocenters. The van der Waals surface area contributed by atoms with Crippen molar-refractivity contribution in [3.63, 3.8) is 0 Å². The summed E-state index contributed by atoms with van der Waals surface area (Å²) < 4.78 is 6.58. The van der Waals surface area contributed by atoms with Gasteiger partial charge in [-0.1, -0.05) is 13.8 Å². The molecule has 2 aromatic rings. The third-order valence-electron chi connectivity index (χ3n) is 5.35. The van der Waals surface area contributed by atoms with Crippen molar-refractivity contribution in [2.45, 2.75) is 38.6 Å². The molecule has 29 heavy (non-hydrogen) atoms. The zero-order chi connectivity index (χ0) is 21.0. The van der Waals surface area contributed by atoms with Crippen molar-refractivity contribution in [1.29, 1.82) is 0 Å². The number of H-pyrrole nitrogens is 1. The molecule has 0 aliphatic carbocycles. The van der Waals surface area contributed by atoms with E-state index in [1.807, 2.05) is 31.9 Å². The number of anilines is 1. The summed E-state index contributed by atoms with van der Waals surface area (Å²) in [5, 5.41) is 11.5. The number of likely N-dealkylation sites (tertiary alicyclic amines) is 1. The quantitative estimate of drug-likeness (QED) is 0.756. The first-order valence-electron chi connectivity index (χ1n) is 10.0. The highest BCUT2D eigenvalue weighted by molar-refractivity contribution is 5.92. The normalized spacial score (nSPS) is 17.0. The van der Waals surface area contributed by atoms with Crippen LogP contribution in [-0.4, -0.2) is 71.2 Å². The Morgan fingerprint density at radius 2 is 2.21 bits per heavy atom. The minimum atomic E-state index is -0.159. The molecule has 9 heteroatoms. The van der Waals surface area contributed by atoms with Crippen LogP contribution in [0.3, 0.4) is 0 Å². The predicted octanol–water partition coefficient (Wildman–Crippen LogP) is 1.65. The number of likely N-dealkylation sites (N-methyl/N-ethyl adjacent to an activating group) is 1. The third-order valence-corrected chi connectivity index (χ3v) is 5.35. The highest BCUT2D eigenvalue weighted by Gasteiger charge is 2.28. The van der Waals surface area contributed by atoms with Crippen LogP contribution in [0, 0.1) is 0 Å². The van der Waals surface area contributed by atoms with E-state index >= 15 is 0 Å². The van der Waals surface area contributed by atoms with Gasteiger partial charge in [0.2, 0.25) is 0 Å². The van der Waals surface area contributed by atoms with E-state index in [4.69, 9.17) is 4.74 Å². The van der Waals surface area contributed by atoms with Crippen molar-refractivity contribution in [3.05, 3.63) is 40.1 Å². The molecule has 1 amide bonds. The largest absolute Gasteiger partial charge is 0.383 e. The average molecular weight is 402 g/mol. The molecule has 0 spiro atoms. The van der Waals surface area contributed by atoms with E-state index in [0.717, 1.165) is 24.2 Å². The van der Waals surface area contributed by atoms with Crippen LogP contribution < -0.4 is 10.5 Å². The van der Waals surface area contributed by atoms with Crippen molar-refractivity contribution in [2.75, 3.05) is 45.3 Å². The number of hydrogen-bond donors (Lipinski definition) is 1. The van der Waals surface area contributed by atoms with Gasteiger partial charge < -0.3 is 14.5 Å². The standard InChI is InChI=1S/C20H30N6O3/c1-14(2)17-11-18(23-22-17)20(28)25-7-5-6-15(13-25)26-19(27)10-16(12-21-26)24(3)8-9-29-4/h10-12,14-15H,5-9,13H2,1-4H3,(H,22,23)/t15-/m0/s1. The second-order valence-electron chi connectivity index (χ2n) is 7.82. The lowest BCUT2D eigenvalue weighted by molar-refractivity contribution is 0.0664. The Hall–Kier alpha value is -2.68. The Labute approximate surface area is 170 Å². The van der Waals surface area contributed by atoms with Gasteiger partial charge in [-0.05, 0) is 24.8 Å². The Morgan fingerprint density at radius 3 is 2.86 bits per heavy atom. The number of rotatable bonds is 7. The van der Waals surface area contributed by atoms with Crippen LogP contribution in [0.5, 0.6) is 0 Å².